The molecule has 1 atom stereocenters. The van der Waals surface area contributed by atoms with Gasteiger partial charge in [0.25, 0.3) is 0 Å². The SMILES string of the molecule is CC1CN(S(=O)(=O)c2cc(Br)cc(C(=O)O)c2F)CCS1. The molecule has 1 aliphatic heterocycles. The maximum absolute atomic E-state index is 14.2. The number of thioether (sulfide) groups is 1. The van der Waals surface area contributed by atoms with Gasteiger partial charge in [0.2, 0.25) is 10.0 Å². The van der Waals surface area contributed by atoms with E-state index in [0.29, 0.717) is 5.75 Å². The molecule has 0 bridgehead atoms. The summed E-state index contributed by atoms with van der Waals surface area (Å²) in [6, 6.07) is 2.15. The molecule has 0 spiro atoms. The molecule has 0 aliphatic carbocycles. The number of halogens is 2. The van der Waals surface area contributed by atoms with Crippen molar-refractivity contribution in [2.24, 2.45) is 0 Å². The highest BCUT2D eigenvalue weighted by Crippen LogP contribution is 2.29. The third kappa shape index (κ3) is 3.41. The topological polar surface area (TPSA) is 74.7 Å². The lowest BCUT2D eigenvalue weighted by molar-refractivity contribution is 0.0691. The number of carboxylic acids is 1. The van der Waals surface area contributed by atoms with Crippen molar-refractivity contribution in [3.05, 3.63) is 28.0 Å². The molecule has 1 aromatic carbocycles. The second kappa shape index (κ2) is 6.23. The molecular weight excluding hydrogens is 385 g/mol. The zero-order chi connectivity index (χ0) is 15.8. The van der Waals surface area contributed by atoms with Crippen LogP contribution >= 0.6 is 27.7 Å². The molecule has 1 aromatic rings. The van der Waals surface area contributed by atoms with E-state index in [1.807, 2.05) is 6.92 Å². The lowest BCUT2D eigenvalue weighted by Gasteiger charge is -2.29. The molecule has 5 nitrogen and oxygen atoms in total. The summed E-state index contributed by atoms with van der Waals surface area (Å²) in [5, 5.41) is 9.07. The molecule has 1 N–H and O–H groups in total. The highest BCUT2D eigenvalue weighted by molar-refractivity contribution is 9.10. The van der Waals surface area contributed by atoms with Gasteiger partial charge in [-0.05, 0) is 12.1 Å². The quantitative estimate of drug-likeness (QED) is 0.847. The average molecular weight is 398 g/mol. The summed E-state index contributed by atoms with van der Waals surface area (Å²) in [6.45, 7) is 2.46. The van der Waals surface area contributed by atoms with Gasteiger partial charge < -0.3 is 5.11 Å². The number of benzene rings is 1. The van der Waals surface area contributed by atoms with E-state index in [1.54, 1.807) is 11.8 Å². The van der Waals surface area contributed by atoms with E-state index in [2.05, 4.69) is 15.9 Å². The van der Waals surface area contributed by atoms with Crippen molar-refractivity contribution in [2.45, 2.75) is 17.1 Å². The second-order valence-electron chi connectivity index (χ2n) is 4.62. The van der Waals surface area contributed by atoms with Crippen molar-refractivity contribution in [3.8, 4) is 0 Å². The van der Waals surface area contributed by atoms with Crippen LogP contribution < -0.4 is 0 Å². The van der Waals surface area contributed by atoms with Crippen LogP contribution in [-0.4, -0.2) is 47.9 Å². The Morgan fingerprint density at radius 1 is 1.52 bits per heavy atom. The Kier molecular flexibility index (Phi) is 4.96. The van der Waals surface area contributed by atoms with E-state index < -0.39 is 32.3 Å². The number of aromatic carboxylic acids is 1. The minimum absolute atomic E-state index is 0.114. The Morgan fingerprint density at radius 3 is 2.76 bits per heavy atom. The second-order valence-corrected chi connectivity index (χ2v) is 8.98. The molecule has 0 amide bonds. The predicted molar refractivity (Wildman–Crippen MR) is 81.7 cm³/mol. The first-order chi connectivity index (χ1) is 9.73. The van der Waals surface area contributed by atoms with Gasteiger partial charge in [-0.25, -0.2) is 17.6 Å². The van der Waals surface area contributed by atoms with Crippen LogP contribution in [0.15, 0.2) is 21.5 Å². The summed E-state index contributed by atoms with van der Waals surface area (Å²) in [5.74, 6) is -2.11. The zero-order valence-corrected chi connectivity index (χ0v) is 14.3. The van der Waals surface area contributed by atoms with E-state index in [9.17, 15) is 17.6 Å². The van der Waals surface area contributed by atoms with Gasteiger partial charge in [-0.15, -0.1) is 0 Å². The van der Waals surface area contributed by atoms with Crippen LogP contribution in [0.1, 0.15) is 17.3 Å². The monoisotopic (exact) mass is 397 g/mol. The Balaban J connectivity index is 2.52. The first kappa shape index (κ1) is 16.7. The molecule has 1 heterocycles. The number of carboxylic acid groups (broad SMARTS) is 1. The van der Waals surface area contributed by atoms with E-state index in [0.717, 1.165) is 12.1 Å². The van der Waals surface area contributed by atoms with Crippen molar-refractivity contribution >= 4 is 43.7 Å². The summed E-state index contributed by atoms with van der Waals surface area (Å²) < 4.78 is 40.7. The summed E-state index contributed by atoms with van der Waals surface area (Å²) >= 11 is 4.67. The van der Waals surface area contributed by atoms with Gasteiger partial charge in [-0.1, -0.05) is 22.9 Å². The summed E-state index contributed by atoms with van der Waals surface area (Å²) in [4.78, 5) is 10.4. The van der Waals surface area contributed by atoms with Crippen LogP contribution in [0.2, 0.25) is 0 Å². The average Bonchev–Trinajstić information content (AvgIpc) is 2.40. The molecule has 21 heavy (non-hydrogen) atoms. The van der Waals surface area contributed by atoms with Crippen LogP contribution in [0.25, 0.3) is 0 Å². The van der Waals surface area contributed by atoms with Crippen LogP contribution in [0.3, 0.4) is 0 Å². The van der Waals surface area contributed by atoms with E-state index in [4.69, 9.17) is 5.11 Å². The normalized spacial score (nSPS) is 20.4. The lowest BCUT2D eigenvalue weighted by Crippen LogP contribution is -2.41. The minimum atomic E-state index is -4.05. The number of nitrogens with zero attached hydrogens (tertiary/aromatic N) is 1. The fourth-order valence-corrected chi connectivity index (χ4v) is 5.53. The van der Waals surface area contributed by atoms with Gasteiger partial charge in [-0.2, -0.15) is 16.1 Å². The molecule has 1 saturated heterocycles. The summed E-state index contributed by atoms with van der Waals surface area (Å²) in [5.41, 5.74) is -0.664. The molecule has 1 aliphatic rings. The molecule has 116 valence electrons. The van der Waals surface area contributed by atoms with Gasteiger partial charge in [-0.3, -0.25) is 0 Å². The smallest absolute Gasteiger partial charge is 0.338 e. The van der Waals surface area contributed by atoms with Crippen molar-refractivity contribution in [1.82, 2.24) is 4.31 Å². The number of sulfonamides is 1. The van der Waals surface area contributed by atoms with E-state index in [-0.39, 0.29) is 22.8 Å². The summed E-state index contributed by atoms with van der Waals surface area (Å²) in [7, 11) is -4.05. The van der Waals surface area contributed by atoms with E-state index in [1.165, 1.54) is 4.31 Å². The number of hydrogen-bond acceptors (Lipinski definition) is 4. The number of rotatable bonds is 3. The third-order valence-corrected chi connectivity index (χ3v) is 6.51. The molecule has 2 rings (SSSR count). The standard InChI is InChI=1S/C12H13BrFNO4S2/c1-7-6-15(2-3-20-7)21(18,19)10-5-8(13)4-9(11(10)14)12(16)17/h4-5,7H,2-3,6H2,1H3,(H,16,17). The van der Waals surface area contributed by atoms with Crippen molar-refractivity contribution in [2.75, 3.05) is 18.8 Å². The fourth-order valence-electron chi connectivity index (χ4n) is 2.05. The van der Waals surface area contributed by atoms with Crippen LogP contribution in [-0.2, 0) is 10.0 Å². The van der Waals surface area contributed by atoms with Gasteiger partial charge in [0.15, 0.2) is 5.82 Å². The molecule has 1 unspecified atom stereocenters. The maximum atomic E-state index is 14.2. The van der Waals surface area contributed by atoms with E-state index >= 15 is 0 Å². The minimum Gasteiger partial charge on any atom is -0.478 e. The Morgan fingerprint density at radius 2 is 2.19 bits per heavy atom. The first-order valence-electron chi connectivity index (χ1n) is 6.07. The highest BCUT2D eigenvalue weighted by atomic mass is 79.9. The Bertz CT molecular complexity index is 680. The zero-order valence-electron chi connectivity index (χ0n) is 11.0. The predicted octanol–water partition coefficient (Wildman–Crippen LogP) is 2.41. The lowest BCUT2D eigenvalue weighted by atomic mass is 10.2. The van der Waals surface area contributed by atoms with Gasteiger partial charge in [0, 0.05) is 28.6 Å². The number of hydrogen-bond donors (Lipinski definition) is 1. The van der Waals surface area contributed by atoms with Crippen LogP contribution in [0, 0.1) is 5.82 Å². The van der Waals surface area contributed by atoms with Crippen molar-refractivity contribution in [3.63, 3.8) is 0 Å². The Hall–Kier alpha value is -0.640. The molecular formula is C12H13BrFNO4S2. The summed E-state index contributed by atoms with van der Waals surface area (Å²) in [6.07, 6.45) is 0. The molecule has 0 aromatic heterocycles. The maximum Gasteiger partial charge on any atom is 0.338 e. The molecule has 9 heteroatoms. The number of carbonyl (C=O) groups is 1. The fraction of sp³-hybridized carbons (Fsp3) is 0.417. The van der Waals surface area contributed by atoms with Crippen molar-refractivity contribution in [1.29, 1.82) is 0 Å². The molecule has 1 fully saturated rings. The van der Waals surface area contributed by atoms with Gasteiger partial charge >= 0.3 is 5.97 Å². The molecule has 0 saturated carbocycles. The first-order valence-corrected chi connectivity index (χ1v) is 9.35. The Labute approximate surface area is 134 Å². The van der Waals surface area contributed by atoms with Crippen molar-refractivity contribution < 1.29 is 22.7 Å². The van der Waals surface area contributed by atoms with Crippen LogP contribution in [0.4, 0.5) is 4.39 Å². The van der Waals surface area contributed by atoms with Gasteiger partial charge in [0.05, 0.1) is 5.56 Å². The van der Waals surface area contributed by atoms with Gasteiger partial charge in [0.1, 0.15) is 4.90 Å². The largest absolute Gasteiger partial charge is 0.478 e. The third-order valence-electron chi connectivity index (χ3n) is 3.06. The molecule has 0 radical (unpaired) electrons. The highest BCUT2D eigenvalue weighted by Gasteiger charge is 2.33. The van der Waals surface area contributed by atoms with Crippen LogP contribution in [0.5, 0.6) is 0 Å².